The minimum absolute atomic E-state index is 0.301. The molecule has 9 heteroatoms. The standard InChI is InChI=1S/C25H21ClFN7/c26-21-10-18(9-20-23(30-17-5-6-17)15(11-28)12-29-25(20)21)31-24(14-1-3-16(27)4-2-14)22-13-34(33-32-22)19-7-8-19/h1-4,9-10,12-13,17,19,24,31H,5-8H2,(H,29,30)/i24D. The molecule has 0 spiro atoms. The molecule has 1 atom stereocenters. The maximum Gasteiger partial charge on any atom is 0.123 e. The van der Waals surface area contributed by atoms with Gasteiger partial charge in [-0.1, -0.05) is 28.9 Å². The first kappa shape index (κ1) is 19.7. The van der Waals surface area contributed by atoms with Crippen LogP contribution in [0.5, 0.6) is 0 Å². The van der Waals surface area contributed by atoms with Crippen LogP contribution in [0, 0.1) is 17.1 Å². The summed E-state index contributed by atoms with van der Waals surface area (Å²) in [7, 11) is 0. The molecule has 0 aliphatic heterocycles. The molecular weight excluding hydrogens is 453 g/mol. The van der Waals surface area contributed by atoms with E-state index in [1.807, 2.05) is 6.07 Å². The van der Waals surface area contributed by atoms with Crippen molar-refractivity contribution >= 4 is 33.9 Å². The van der Waals surface area contributed by atoms with E-state index in [9.17, 15) is 11.0 Å². The van der Waals surface area contributed by atoms with Crippen LogP contribution in [-0.2, 0) is 0 Å². The molecule has 4 aromatic rings. The maximum atomic E-state index is 13.7. The van der Waals surface area contributed by atoms with E-state index < -0.39 is 11.8 Å². The van der Waals surface area contributed by atoms with Gasteiger partial charge in [-0.05, 0) is 55.5 Å². The molecule has 2 aliphatic rings. The summed E-state index contributed by atoms with van der Waals surface area (Å²) in [5.41, 5.74) is 3.10. The Labute approximate surface area is 202 Å². The van der Waals surface area contributed by atoms with Gasteiger partial charge in [-0.25, -0.2) is 9.07 Å². The second-order valence-corrected chi connectivity index (χ2v) is 9.16. The van der Waals surface area contributed by atoms with Gasteiger partial charge in [0, 0.05) is 23.3 Å². The lowest BCUT2D eigenvalue weighted by atomic mass is 10.0. The summed E-state index contributed by atoms with van der Waals surface area (Å²) in [6.07, 6.45) is 7.43. The molecule has 2 aromatic carbocycles. The van der Waals surface area contributed by atoms with Crippen molar-refractivity contribution in [2.24, 2.45) is 0 Å². The zero-order valence-electron chi connectivity index (χ0n) is 19.1. The van der Waals surface area contributed by atoms with Crippen LogP contribution < -0.4 is 10.6 Å². The third kappa shape index (κ3) is 4.03. The summed E-state index contributed by atoms with van der Waals surface area (Å²) in [5.74, 6) is -0.391. The number of benzene rings is 2. The molecule has 2 aliphatic carbocycles. The van der Waals surface area contributed by atoms with E-state index in [2.05, 4.69) is 32.0 Å². The highest BCUT2D eigenvalue weighted by Crippen LogP contribution is 2.38. The molecule has 2 aromatic heterocycles. The van der Waals surface area contributed by atoms with Crippen molar-refractivity contribution in [1.29, 1.82) is 5.26 Å². The zero-order valence-corrected chi connectivity index (χ0v) is 18.8. The fourth-order valence-corrected chi connectivity index (χ4v) is 4.23. The van der Waals surface area contributed by atoms with Gasteiger partial charge in [0.1, 0.15) is 17.6 Å². The molecule has 2 heterocycles. The average molecular weight is 475 g/mol. The molecular formula is C25H21ClFN7. The van der Waals surface area contributed by atoms with Crippen molar-refractivity contribution in [3.63, 3.8) is 0 Å². The topological polar surface area (TPSA) is 91.5 Å². The number of nitrogens with one attached hydrogen (secondary N) is 2. The number of hydrogen-bond donors (Lipinski definition) is 2. The minimum Gasteiger partial charge on any atom is -0.381 e. The molecule has 2 N–H and O–H groups in total. The number of nitrogens with zero attached hydrogens (tertiary/aromatic N) is 5. The van der Waals surface area contributed by atoms with Gasteiger partial charge in [0.05, 0.1) is 41.4 Å². The summed E-state index contributed by atoms with van der Waals surface area (Å²) < 4.78 is 24.9. The summed E-state index contributed by atoms with van der Waals surface area (Å²) in [6, 6.07) is 10.5. The van der Waals surface area contributed by atoms with Crippen LogP contribution in [0.3, 0.4) is 0 Å². The van der Waals surface area contributed by atoms with E-state index in [-0.39, 0.29) is 0 Å². The van der Waals surface area contributed by atoms with E-state index >= 15 is 0 Å². The number of pyridine rings is 1. The Balaban J connectivity index is 1.47. The number of rotatable bonds is 7. The molecule has 0 saturated heterocycles. The Morgan fingerprint density at radius 2 is 2.00 bits per heavy atom. The quantitative estimate of drug-likeness (QED) is 0.362. The largest absolute Gasteiger partial charge is 0.381 e. The zero-order chi connectivity index (χ0) is 24.2. The first-order valence-corrected chi connectivity index (χ1v) is 11.6. The van der Waals surface area contributed by atoms with Gasteiger partial charge in [0.2, 0.25) is 0 Å². The second-order valence-electron chi connectivity index (χ2n) is 8.75. The highest BCUT2D eigenvalue weighted by Gasteiger charge is 2.27. The van der Waals surface area contributed by atoms with Crippen molar-refractivity contribution in [3.05, 3.63) is 76.5 Å². The summed E-state index contributed by atoms with van der Waals surface area (Å²) >= 11 is 6.62. The third-order valence-corrected chi connectivity index (χ3v) is 6.35. The highest BCUT2D eigenvalue weighted by molar-refractivity contribution is 6.35. The van der Waals surface area contributed by atoms with Crippen LogP contribution >= 0.6 is 11.6 Å². The van der Waals surface area contributed by atoms with Crippen LogP contribution in [0.25, 0.3) is 10.9 Å². The highest BCUT2D eigenvalue weighted by atomic mass is 35.5. The van der Waals surface area contributed by atoms with Crippen LogP contribution in [0.2, 0.25) is 5.02 Å². The number of aromatic nitrogens is 4. The molecule has 0 radical (unpaired) electrons. The van der Waals surface area contributed by atoms with Crippen molar-refractivity contribution in [2.45, 2.75) is 43.8 Å². The molecule has 2 saturated carbocycles. The molecule has 7 nitrogen and oxygen atoms in total. The number of halogens is 2. The number of fused-ring (bicyclic) bond motifs is 1. The monoisotopic (exact) mass is 474 g/mol. The van der Waals surface area contributed by atoms with Gasteiger partial charge in [-0.15, -0.1) is 5.10 Å². The van der Waals surface area contributed by atoms with Gasteiger partial charge in [-0.3, -0.25) is 4.98 Å². The van der Waals surface area contributed by atoms with Crippen molar-refractivity contribution in [2.75, 3.05) is 10.6 Å². The lowest BCUT2D eigenvalue weighted by molar-refractivity contribution is 0.610. The summed E-state index contributed by atoms with van der Waals surface area (Å²) in [6.45, 7) is 0. The minimum atomic E-state index is -1.57. The fourth-order valence-electron chi connectivity index (χ4n) is 3.96. The lowest BCUT2D eigenvalue weighted by Crippen LogP contribution is -2.13. The SMILES string of the molecule is [2H]C(Nc1cc(Cl)c2ncc(C#N)c(NC3CC3)c2c1)(c1ccc(F)cc1)c1cn(C2CC2)nn1. The number of hydrogen-bond acceptors (Lipinski definition) is 6. The summed E-state index contributed by atoms with van der Waals surface area (Å²) in [5, 5.41) is 25.9. The Morgan fingerprint density at radius 1 is 1.21 bits per heavy atom. The Hall–Kier alpha value is -3.70. The Morgan fingerprint density at radius 3 is 2.71 bits per heavy atom. The first-order chi connectivity index (χ1) is 16.9. The number of nitriles is 1. The number of anilines is 2. The molecule has 0 bridgehead atoms. The first-order valence-electron chi connectivity index (χ1n) is 11.7. The lowest BCUT2D eigenvalue weighted by Gasteiger charge is -2.20. The van der Waals surface area contributed by atoms with E-state index in [4.69, 9.17) is 11.6 Å². The van der Waals surface area contributed by atoms with E-state index in [0.29, 0.717) is 56.2 Å². The van der Waals surface area contributed by atoms with E-state index in [1.54, 1.807) is 29.1 Å². The van der Waals surface area contributed by atoms with E-state index in [0.717, 1.165) is 25.7 Å². The third-order valence-electron chi connectivity index (χ3n) is 6.06. The fraction of sp³-hybridized carbons (Fsp3) is 0.280. The Bertz CT molecular complexity index is 1470. The second kappa shape index (κ2) is 8.26. The van der Waals surface area contributed by atoms with Crippen LogP contribution in [0.1, 0.15) is 55.9 Å². The molecule has 170 valence electrons. The molecule has 6 rings (SSSR count). The molecule has 34 heavy (non-hydrogen) atoms. The van der Waals surface area contributed by atoms with Gasteiger partial charge >= 0.3 is 0 Å². The predicted octanol–water partition coefficient (Wildman–Crippen LogP) is 5.60. The smallest absolute Gasteiger partial charge is 0.123 e. The summed E-state index contributed by atoms with van der Waals surface area (Å²) in [4.78, 5) is 4.40. The van der Waals surface area contributed by atoms with Gasteiger partial charge in [0.25, 0.3) is 0 Å². The van der Waals surface area contributed by atoms with Gasteiger partial charge in [-0.2, -0.15) is 5.26 Å². The maximum absolute atomic E-state index is 13.7. The van der Waals surface area contributed by atoms with Crippen molar-refractivity contribution in [1.82, 2.24) is 20.0 Å². The average Bonchev–Trinajstić information content (AvgIpc) is 3.79. The Kier molecular flexibility index (Phi) is 4.80. The predicted molar refractivity (Wildman–Crippen MR) is 128 cm³/mol. The van der Waals surface area contributed by atoms with Crippen LogP contribution in [0.15, 0.2) is 48.8 Å². The molecule has 2 fully saturated rings. The van der Waals surface area contributed by atoms with Gasteiger partial charge in [0.15, 0.2) is 0 Å². The molecule has 0 amide bonds. The van der Waals surface area contributed by atoms with E-state index in [1.165, 1.54) is 18.3 Å². The van der Waals surface area contributed by atoms with Crippen molar-refractivity contribution in [3.8, 4) is 6.07 Å². The van der Waals surface area contributed by atoms with Crippen LogP contribution in [-0.4, -0.2) is 26.0 Å². The van der Waals surface area contributed by atoms with Crippen LogP contribution in [0.4, 0.5) is 15.8 Å². The molecule has 1 unspecified atom stereocenters. The van der Waals surface area contributed by atoms with Crippen molar-refractivity contribution < 1.29 is 5.76 Å². The normalized spacial score (nSPS) is 17.6. The van der Waals surface area contributed by atoms with Gasteiger partial charge < -0.3 is 10.6 Å².